The Balaban J connectivity index is 1.76. The maximum Gasteiger partial charge on any atom is 0.157 e. The second kappa shape index (κ2) is 10.5. The van der Waals surface area contributed by atoms with Crippen LogP contribution in [0.2, 0.25) is 0 Å². The Kier molecular flexibility index (Phi) is 8.93. The zero-order valence-electron chi connectivity index (χ0n) is 10.5. The first-order valence-corrected chi connectivity index (χ1v) is 6.61. The van der Waals surface area contributed by atoms with E-state index in [1.54, 1.807) is 0 Å². The van der Waals surface area contributed by atoms with Gasteiger partial charge < -0.3 is 14.2 Å². The third kappa shape index (κ3) is 8.14. The Morgan fingerprint density at radius 2 is 1.94 bits per heavy atom. The summed E-state index contributed by atoms with van der Waals surface area (Å²) in [6.45, 7) is 2.55. The van der Waals surface area contributed by atoms with Crippen LogP contribution in [0.5, 0.6) is 0 Å². The van der Waals surface area contributed by atoms with Crippen LogP contribution < -0.4 is 0 Å². The quantitative estimate of drug-likeness (QED) is 0.582. The third-order valence-corrected chi connectivity index (χ3v) is 2.79. The number of unbranched alkanes of at least 4 members (excludes halogenated alkanes) is 3. The summed E-state index contributed by atoms with van der Waals surface area (Å²) in [7, 11) is 0. The molecule has 98 valence electrons. The fraction of sp³-hybridized carbons (Fsp3) is 0.923. The van der Waals surface area contributed by atoms with Crippen LogP contribution in [-0.2, 0) is 14.2 Å². The first-order chi connectivity index (χ1) is 8.43. The molecule has 0 amide bonds. The van der Waals surface area contributed by atoms with Gasteiger partial charge in [0.2, 0.25) is 0 Å². The average Bonchev–Trinajstić information content (AvgIpc) is 2.38. The van der Waals surface area contributed by atoms with Crippen molar-refractivity contribution in [1.29, 1.82) is 5.26 Å². The molecular formula is C13H23NO3. The lowest BCUT2D eigenvalue weighted by Gasteiger charge is -2.22. The maximum atomic E-state index is 8.26. The largest absolute Gasteiger partial charge is 0.367 e. The normalized spacial score (nSPS) is 20.1. The van der Waals surface area contributed by atoms with Crippen LogP contribution in [0.3, 0.4) is 0 Å². The van der Waals surface area contributed by atoms with Gasteiger partial charge in [-0.3, -0.25) is 0 Å². The molecule has 0 N–H and O–H groups in total. The molecule has 1 aliphatic heterocycles. The van der Waals surface area contributed by atoms with Gasteiger partial charge in [-0.15, -0.1) is 0 Å². The lowest BCUT2D eigenvalue weighted by molar-refractivity contribution is -0.162. The van der Waals surface area contributed by atoms with Crippen molar-refractivity contribution in [2.24, 2.45) is 0 Å². The topological polar surface area (TPSA) is 51.5 Å². The summed E-state index contributed by atoms with van der Waals surface area (Å²) in [5.41, 5.74) is 0. The first-order valence-electron chi connectivity index (χ1n) is 6.61. The standard InChI is InChI=1S/C13H23NO3/c14-8-12-15-9-4-1-2-5-10-16-13-7-3-6-11-17-13/h13H,1-7,9-12H2. The van der Waals surface area contributed by atoms with E-state index in [0.29, 0.717) is 6.61 Å². The Morgan fingerprint density at radius 1 is 1.12 bits per heavy atom. The molecule has 4 heteroatoms. The zero-order valence-corrected chi connectivity index (χ0v) is 10.5. The highest BCUT2D eigenvalue weighted by Crippen LogP contribution is 2.14. The molecule has 0 aromatic heterocycles. The summed E-state index contributed by atoms with van der Waals surface area (Å²) in [6, 6.07) is 1.96. The van der Waals surface area contributed by atoms with E-state index >= 15 is 0 Å². The minimum atomic E-state index is 0.0442. The number of ether oxygens (including phenoxy) is 3. The number of hydrogen-bond acceptors (Lipinski definition) is 4. The van der Waals surface area contributed by atoms with Crippen LogP contribution in [-0.4, -0.2) is 32.7 Å². The Labute approximate surface area is 104 Å². The van der Waals surface area contributed by atoms with Crippen molar-refractivity contribution >= 4 is 0 Å². The highest BCUT2D eigenvalue weighted by atomic mass is 16.7. The molecule has 0 aliphatic carbocycles. The van der Waals surface area contributed by atoms with E-state index in [9.17, 15) is 0 Å². The van der Waals surface area contributed by atoms with Gasteiger partial charge in [-0.2, -0.15) is 5.26 Å². The molecule has 1 saturated heterocycles. The SMILES string of the molecule is N#CCOCCCCCCOC1CCCCO1. The van der Waals surface area contributed by atoms with E-state index in [2.05, 4.69) is 0 Å². The van der Waals surface area contributed by atoms with Gasteiger partial charge in [0.1, 0.15) is 6.61 Å². The summed E-state index contributed by atoms with van der Waals surface area (Å²) >= 11 is 0. The summed E-state index contributed by atoms with van der Waals surface area (Å²) in [5, 5.41) is 8.26. The van der Waals surface area contributed by atoms with E-state index in [1.165, 1.54) is 12.8 Å². The lowest BCUT2D eigenvalue weighted by Crippen LogP contribution is -2.22. The van der Waals surface area contributed by atoms with Crippen LogP contribution in [0, 0.1) is 11.3 Å². The molecule has 0 aromatic carbocycles. The van der Waals surface area contributed by atoms with Gasteiger partial charge in [-0.25, -0.2) is 0 Å². The van der Waals surface area contributed by atoms with Crippen LogP contribution in [0.25, 0.3) is 0 Å². The van der Waals surface area contributed by atoms with E-state index in [4.69, 9.17) is 19.5 Å². The monoisotopic (exact) mass is 241 g/mol. The van der Waals surface area contributed by atoms with E-state index in [-0.39, 0.29) is 12.9 Å². The molecule has 1 fully saturated rings. The number of hydrogen-bond donors (Lipinski definition) is 0. The summed E-state index contributed by atoms with van der Waals surface area (Å²) in [4.78, 5) is 0. The van der Waals surface area contributed by atoms with Crippen molar-refractivity contribution in [2.75, 3.05) is 26.4 Å². The van der Waals surface area contributed by atoms with Gasteiger partial charge >= 0.3 is 0 Å². The molecule has 1 rings (SSSR count). The smallest absolute Gasteiger partial charge is 0.157 e. The minimum absolute atomic E-state index is 0.0442. The van der Waals surface area contributed by atoms with Crippen LogP contribution >= 0.6 is 0 Å². The molecule has 0 saturated carbocycles. The predicted octanol–water partition coefficient (Wildman–Crippen LogP) is 2.63. The van der Waals surface area contributed by atoms with E-state index in [0.717, 1.165) is 45.3 Å². The van der Waals surface area contributed by atoms with E-state index in [1.807, 2.05) is 6.07 Å². The van der Waals surface area contributed by atoms with Gasteiger partial charge in [0.15, 0.2) is 6.29 Å². The molecule has 0 radical (unpaired) electrons. The second-order valence-electron chi connectivity index (χ2n) is 4.29. The molecule has 4 nitrogen and oxygen atoms in total. The van der Waals surface area contributed by atoms with Crippen LogP contribution in [0.15, 0.2) is 0 Å². The van der Waals surface area contributed by atoms with Crippen LogP contribution in [0.1, 0.15) is 44.9 Å². The fourth-order valence-corrected chi connectivity index (χ4v) is 1.83. The summed E-state index contributed by atoms with van der Waals surface area (Å²) in [6.07, 6.45) is 7.89. The molecule has 1 atom stereocenters. The van der Waals surface area contributed by atoms with Gasteiger partial charge in [-0.1, -0.05) is 12.8 Å². The van der Waals surface area contributed by atoms with Crippen molar-refractivity contribution < 1.29 is 14.2 Å². The van der Waals surface area contributed by atoms with Crippen molar-refractivity contribution in [3.8, 4) is 6.07 Å². The van der Waals surface area contributed by atoms with Gasteiger partial charge in [0, 0.05) is 19.8 Å². The van der Waals surface area contributed by atoms with Gasteiger partial charge in [0.25, 0.3) is 0 Å². The second-order valence-corrected chi connectivity index (χ2v) is 4.29. The maximum absolute atomic E-state index is 8.26. The zero-order chi connectivity index (χ0) is 12.2. The summed E-state index contributed by atoms with van der Waals surface area (Å²) in [5.74, 6) is 0. The van der Waals surface area contributed by atoms with Crippen molar-refractivity contribution in [3.63, 3.8) is 0 Å². The molecule has 0 spiro atoms. The van der Waals surface area contributed by atoms with Gasteiger partial charge in [0.05, 0.1) is 6.07 Å². The lowest BCUT2D eigenvalue weighted by atomic mass is 10.2. The molecule has 17 heavy (non-hydrogen) atoms. The number of nitrogens with zero attached hydrogens (tertiary/aromatic N) is 1. The van der Waals surface area contributed by atoms with E-state index < -0.39 is 0 Å². The molecule has 1 aliphatic rings. The Hall–Kier alpha value is -0.630. The minimum Gasteiger partial charge on any atom is -0.367 e. The Morgan fingerprint density at radius 3 is 2.65 bits per heavy atom. The van der Waals surface area contributed by atoms with Gasteiger partial charge in [-0.05, 0) is 32.1 Å². The van der Waals surface area contributed by atoms with Crippen molar-refractivity contribution in [1.82, 2.24) is 0 Å². The average molecular weight is 241 g/mol. The molecule has 0 aromatic rings. The Bertz CT molecular complexity index is 209. The predicted molar refractivity (Wildman–Crippen MR) is 64.4 cm³/mol. The first kappa shape index (κ1) is 14.4. The van der Waals surface area contributed by atoms with Crippen molar-refractivity contribution in [2.45, 2.75) is 51.2 Å². The molecular weight excluding hydrogens is 218 g/mol. The summed E-state index contributed by atoms with van der Waals surface area (Å²) < 4.78 is 16.2. The van der Waals surface area contributed by atoms with Crippen LogP contribution in [0.4, 0.5) is 0 Å². The number of nitriles is 1. The molecule has 1 unspecified atom stereocenters. The highest BCUT2D eigenvalue weighted by Gasteiger charge is 2.13. The third-order valence-electron chi connectivity index (χ3n) is 2.79. The molecule has 0 bridgehead atoms. The van der Waals surface area contributed by atoms with Crippen molar-refractivity contribution in [3.05, 3.63) is 0 Å². The number of rotatable bonds is 9. The fourth-order valence-electron chi connectivity index (χ4n) is 1.83. The highest BCUT2D eigenvalue weighted by molar-refractivity contribution is 4.66. The molecule has 1 heterocycles.